The Kier molecular flexibility index (Phi) is 16.5. The van der Waals surface area contributed by atoms with Crippen LogP contribution in [0.1, 0.15) is 141 Å². The van der Waals surface area contributed by atoms with Crippen LogP contribution in [0.3, 0.4) is 0 Å². The Morgan fingerprint density at radius 2 is 1.79 bits per heavy atom. The normalized spacial score (nSPS) is 29.9. The van der Waals surface area contributed by atoms with Gasteiger partial charge in [-0.25, -0.2) is 14.6 Å². The number of guanidine groups is 1. The molecule has 1 aliphatic carbocycles. The topological polar surface area (TPSA) is 334 Å². The molecule has 424 valence electrons. The third kappa shape index (κ3) is 10.2. The molecule has 6 aliphatic rings. The SMILES string of the molecule is CCc1cccc(CCOc2c(O)c3c4c(c2O)C(=O)O[C@@H](O)[C@@]2(C[C@H]4[C@@H](O)CCO3)O[C@H]3Oc4c(OCN=C(N)NCCCCO)cc(C(=O)O)c5c4C4(CCCC4)[C@H](C#CC[C@@](O)([C@H]3O)[C@@H]2O)[C@H](CC(C)C)[C@@H](C)N5)c1. The zero-order valence-electron chi connectivity index (χ0n) is 44.5. The second-order valence-corrected chi connectivity index (χ2v) is 22.1. The molecule has 0 amide bonds. The number of fused-ring (bicyclic) bond motifs is 2. The number of aliphatic hydroxyl groups is 6. The summed E-state index contributed by atoms with van der Waals surface area (Å²) in [5, 5.41) is 114. The first-order valence-electron chi connectivity index (χ1n) is 27.2. The van der Waals surface area contributed by atoms with Crippen molar-refractivity contribution >= 4 is 23.6 Å². The van der Waals surface area contributed by atoms with Crippen molar-refractivity contribution in [3.05, 3.63) is 63.7 Å². The van der Waals surface area contributed by atoms with E-state index in [9.17, 15) is 55.5 Å². The van der Waals surface area contributed by atoms with Gasteiger partial charge in [0.2, 0.25) is 24.1 Å². The van der Waals surface area contributed by atoms with Gasteiger partial charge >= 0.3 is 11.9 Å². The number of rotatable bonds is 15. The van der Waals surface area contributed by atoms with E-state index in [0.717, 1.165) is 17.5 Å². The van der Waals surface area contributed by atoms with Gasteiger partial charge in [0, 0.05) is 72.9 Å². The van der Waals surface area contributed by atoms with E-state index in [4.69, 9.17) is 34.2 Å². The maximum absolute atomic E-state index is 14.7. The number of carboxylic acid groups (broad SMARTS) is 1. The number of nitrogens with zero attached hydrogens (tertiary/aromatic N) is 1. The largest absolute Gasteiger partial charge is 0.504 e. The number of benzene rings is 3. The van der Waals surface area contributed by atoms with E-state index in [-0.39, 0.29) is 84.1 Å². The summed E-state index contributed by atoms with van der Waals surface area (Å²) < 4.78 is 37.7. The molecule has 21 heteroatoms. The van der Waals surface area contributed by atoms with Crippen molar-refractivity contribution in [3.63, 3.8) is 0 Å². The third-order valence-electron chi connectivity index (χ3n) is 16.8. The summed E-state index contributed by atoms with van der Waals surface area (Å²) in [6.45, 7) is 7.73. The molecule has 21 nitrogen and oxygen atoms in total. The number of phenols is 2. The van der Waals surface area contributed by atoms with Crippen molar-refractivity contribution in [3.8, 4) is 46.3 Å². The molecule has 4 bridgehead atoms. The van der Waals surface area contributed by atoms with Gasteiger partial charge in [0.1, 0.15) is 23.4 Å². The van der Waals surface area contributed by atoms with Crippen LogP contribution in [0.2, 0.25) is 0 Å². The van der Waals surface area contributed by atoms with Crippen LogP contribution in [0.5, 0.6) is 34.5 Å². The van der Waals surface area contributed by atoms with E-state index in [1.54, 1.807) is 0 Å². The van der Waals surface area contributed by atoms with E-state index in [0.29, 0.717) is 63.5 Å². The van der Waals surface area contributed by atoms with Gasteiger partial charge in [-0.15, -0.1) is 0 Å². The number of carbonyl (C=O) groups is 2. The fourth-order valence-corrected chi connectivity index (χ4v) is 12.9. The lowest BCUT2D eigenvalue weighted by Gasteiger charge is -2.55. The Balaban J connectivity index is 1.20. The quantitative estimate of drug-likeness (QED) is 0.0336. The number of aryl methyl sites for hydroxylation is 1. The number of carbonyl (C=O) groups excluding carboxylic acids is 1. The van der Waals surface area contributed by atoms with Crippen LogP contribution in [0.15, 0.2) is 35.3 Å². The molecule has 2 spiro atoms. The number of hydrogen-bond acceptors (Lipinski definition) is 18. The zero-order chi connectivity index (χ0) is 55.8. The number of aliphatic hydroxyl groups excluding tert-OH is 5. The van der Waals surface area contributed by atoms with Crippen LogP contribution < -0.4 is 35.3 Å². The fourth-order valence-electron chi connectivity index (χ4n) is 12.9. The third-order valence-corrected chi connectivity index (χ3v) is 16.8. The summed E-state index contributed by atoms with van der Waals surface area (Å²) in [5.41, 5.74) is 1.21. The lowest BCUT2D eigenvalue weighted by atomic mass is 9.62. The van der Waals surface area contributed by atoms with Gasteiger partial charge in [-0.1, -0.05) is 69.7 Å². The summed E-state index contributed by atoms with van der Waals surface area (Å²) in [4.78, 5) is 32.5. The number of esters is 1. The Morgan fingerprint density at radius 3 is 2.51 bits per heavy atom. The number of ether oxygens (including phenoxy) is 6. The Morgan fingerprint density at radius 1 is 1.04 bits per heavy atom. The van der Waals surface area contributed by atoms with Crippen molar-refractivity contribution in [2.75, 3.05) is 38.4 Å². The molecular weight excluding hydrogens is 1010 g/mol. The number of hydrogen-bond donors (Lipinski definition) is 12. The molecule has 3 aromatic carbocycles. The number of aliphatic imine (C=N–C) groups is 1. The van der Waals surface area contributed by atoms with Crippen LogP contribution >= 0.6 is 0 Å². The summed E-state index contributed by atoms with van der Waals surface area (Å²) in [6, 6.07) is 8.65. The first-order valence-corrected chi connectivity index (χ1v) is 27.2. The number of nitrogens with one attached hydrogen (secondary N) is 2. The van der Waals surface area contributed by atoms with E-state index in [2.05, 4.69) is 41.3 Å². The highest BCUT2D eigenvalue weighted by Crippen LogP contribution is 2.62. The highest BCUT2D eigenvalue weighted by molar-refractivity contribution is 5.99. The summed E-state index contributed by atoms with van der Waals surface area (Å²) >= 11 is 0. The minimum atomic E-state index is -2.79. The van der Waals surface area contributed by atoms with E-state index in [1.165, 1.54) is 6.07 Å². The van der Waals surface area contributed by atoms with E-state index in [1.807, 2.05) is 38.1 Å². The lowest BCUT2D eigenvalue weighted by molar-refractivity contribution is -0.382. The monoisotopic (exact) mass is 1090 g/mol. The highest BCUT2D eigenvalue weighted by Gasteiger charge is 2.68. The molecule has 0 radical (unpaired) electrons. The number of anilines is 1. The van der Waals surface area contributed by atoms with Crippen LogP contribution in [0.25, 0.3) is 0 Å². The van der Waals surface area contributed by atoms with Gasteiger partial charge in [0.05, 0.1) is 30.6 Å². The van der Waals surface area contributed by atoms with Crippen LogP contribution in [0.4, 0.5) is 5.69 Å². The molecule has 0 unspecified atom stereocenters. The van der Waals surface area contributed by atoms with Gasteiger partial charge in [-0.2, -0.15) is 0 Å². The second kappa shape index (κ2) is 22.8. The first kappa shape index (κ1) is 56.5. The van der Waals surface area contributed by atoms with Crippen molar-refractivity contribution in [1.82, 2.24) is 5.32 Å². The Hall–Kier alpha value is -6.25. The zero-order valence-corrected chi connectivity index (χ0v) is 44.5. The number of phenolic OH excluding ortho intramolecular Hbond substituents is 2. The van der Waals surface area contributed by atoms with Crippen LogP contribution in [-0.4, -0.2) is 145 Å². The van der Waals surface area contributed by atoms with Crippen LogP contribution in [-0.2, 0) is 27.7 Å². The van der Waals surface area contributed by atoms with Crippen molar-refractivity contribution < 1.29 is 84.0 Å². The van der Waals surface area contributed by atoms with Gasteiger partial charge < -0.3 is 90.7 Å². The fraction of sp³-hybridized carbons (Fsp3) is 0.596. The standard InChI is InChI=1S/C57H74N4O17/c1-5-31-12-10-13-32(25-31)15-22-74-47-43(64)40-39-35(37(63)16-23-73-46(39)44(47)65)27-57(53(71)77-50(40)69)52(70)56(72)19-11-14-36-33(24-29(2)3)30(4)61-42-34(49(67)68)26-38(75-28-60-54(58)59-20-8-9-21-62)45(76-51(78-57)48(56)66)41(42)55(36)17-6-7-18-55/h10,12-13,25-26,29-30,33,35-37,48,51-53,61-66,70-72H,5-9,15-24,27-28H2,1-4H3,(H,67,68)(H3,58,59,60)/t30-,33-,35+,36-,37+,48+,51-,52+,53-,56-,57+/m1/s1. The number of aromatic carboxylic acids is 1. The number of carboxylic acids is 1. The van der Waals surface area contributed by atoms with Crippen molar-refractivity contribution in [1.29, 1.82) is 0 Å². The van der Waals surface area contributed by atoms with Gasteiger partial charge in [0.25, 0.3) is 0 Å². The molecule has 0 aromatic heterocycles. The molecule has 1 saturated carbocycles. The predicted molar refractivity (Wildman–Crippen MR) is 282 cm³/mol. The number of unbranched alkanes of at least 4 members (excludes halogenated alkanes) is 1. The molecule has 1 saturated heterocycles. The number of aromatic hydroxyl groups is 2. The lowest BCUT2D eigenvalue weighted by Crippen LogP contribution is -2.76. The predicted octanol–water partition coefficient (Wildman–Crippen LogP) is 4.04. The molecule has 13 N–H and O–H groups in total. The Labute approximate surface area is 452 Å². The maximum Gasteiger partial charge on any atom is 0.344 e. The van der Waals surface area contributed by atoms with Gasteiger partial charge in [0.15, 0.2) is 41.3 Å². The van der Waals surface area contributed by atoms with E-state index < -0.39 is 114 Å². The average Bonchev–Trinajstić information content (AvgIpc) is 3.84. The molecule has 78 heavy (non-hydrogen) atoms. The first-order chi connectivity index (χ1) is 37.3. The molecule has 3 aromatic rings. The van der Waals surface area contributed by atoms with Gasteiger partial charge in [-0.05, 0) is 74.8 Å². The smallest absolute Gasteiger partial charge is 0.344 e. The second-order valence-electron chi connectivity index (χ2n) is 22.1. The summed E-state index contributed by atoms with van der Waals surface area (Å²) in [6.07, 6.45) is -7.06. The minimum absolute atomic E-state index is 0.0101. The molecule has 2 fully saturated rings. The molecule has 9 rings (SSSR count). The minimum Gasteiger partial charge on any atom is -0.504 e. The maximum atomic E-state index is 14.7. The molecule has 5 aliphatic heterocycles. The Bertz CT molecular complexity index is 2830. The number of cyclic esters (lactones) is 1. The summed E-state index contributed by atoms with van der Waals surface area (Å²) in [7, 11) is 0. The van der Waals surface area contributed by atoms with Gasteiger partial charge in [-0.3, -0.25) is 0 Å². The molecular formula is C57H74N4O17. The number of nitrogens with two attached hydrogens (primary N) is 1. The molecule has 11 atom stereocenters. The summed E-state index contributed by atoms with van der Waals surface area (Å²) in [5.74, 6) is -1.02. The molecule has 5 heterocycles. The van der Waals surface area contributed by atoms with E-state index >= 15 is 0 Å². The average molecular weight is 1090 g/mol. The highest BCUT2D eigenvalue weighted by atomic mass is 16.7. The van der Waals surface area contributed by atoms with Crippen LogP contribution in [0, 0.1) is 29.6 Å². The van der Waals surface area contributed by atoms with Crippen molar-refractivity contribution in [2.45, 2.75) is 164 Å². The van der Waals surface area contributed by atoms with Crippen molar-refractivity contribution in [2.24, 2.45) is 28.5 Å².